The van der Waals surface area contributed by atoms with Gasteiger partial charge >= 0.3 is 5.97 Å². The van der Waals surface area contributed by atoms with Gasteiger partial charge in [0, 0.05) is 29.8 Å². The molecule has 2 aromatic rings. The number of fused-ring (bicyclic) bond motifs is 1. The number of carboxylic acid groups (broad SMARTS) is 1. The lowest BCUT2D eigenvalue weighted by Crippen LogP contribution is -2.26. The fourth-order valence-corrected chi connectivity index (χ4v) is 3.18. The SMILES string of the molecule is Cc1nn(C)c2c1C(c1cc([N+](=O)[O-])ccc1Cl)C(C(=O)O)=C(N)O2. The fourth-order valence-electron chi connectivity index (χ4n) is 2.96. The molecule has 0 spiro atoms. The van der Waals surface area contributed by atoms with Crippen molar-refractivity contribution in [1.82, 2.24) is 9.78 Å². The first-order chi connectivity index (χ1) is 11.7. The van der Waals surface area contributed by atoms with E-state index >= 15 is 0 Å². The molecule has 1 aromatic heterocycles. The van der Waals surface area contributed by atoms with Gasteiger partial charge in [0.2, 0.25) is 11.8 Å². The van der Waals surface area contributed by atoms with Crippen molar-refractivity contribution in [3.63, 3.8) is 0 Å². The monoisotopic (exact) mass is 364 g/mol. The molecule has 25 heavy (non-hydrogen) atoms. The van der Waals surface area contributed by atoms with Crippen molar-refractivity contribution in [1.29, 1.82) is 0 Å². The lowest BCUT2D eigenvalue weighted by molar-refractivity contribution is -0.384. The molecule has 130 valence electrons. The van der Waals surface area contributed by atoms with E-state index < -0.39 is 16.8 Å². The van der Waals surface area contributed by atoms with E-state index in [1.54, 1.807) is 14.0 Å². The van der Waals surface area contributed by atoms with Crippen LogP contribution in [-0.2, 0) is 11.8 Å². The number of aryl methyl sites for hydroxylation is 2. The first kappa shape index (κ1) is 16.8. The Hall–Kier alpha value is -3.07. The topological polar surface area (TPSA) is 134 Å². The second kappa shape index (κ2) is 5.78. The molecule has 0 bridgehead atoms. The molecule has 3 N–H and O–H groups in total. The third-order valence-corrected chi connectivity index (χ3v) is 4.34. The minimum atomic E-state index is -1.31. The minimum Gasteiger partial charge on any atom is -0.478 e. The number of halogens is 1. The summed E-state index contributed by atoms with van der Waals surface area (Å²) in [6, 6.07) is 3.84. The van der Waals surface area contributed by atoms with Gasteiger partial charge in [-0.15, -0.1) is 0 Å². The molecule has 2 heterocycles. The van der Waals surface area contributed by atoms with Crippen molar-refractivity contribution >= 4 is 23.3 Å². The van der Waals surface area contributed by atoms with Gasteiger partial charge in [0.05, 0.1) is 16.5 Å². The third-order valence-electron chi connectivity index (χ3n) is 4.00. The van der Waals surface area contributed by atoms with Crippen LogP contribution < -0.4 is 10.5 Å². The van der Waals surface area contributed by atoms with E-state index in [0.29, 0.717) is 11.3 Å². The van der Waals surface area contributed by atoms with Crippen LogP contribution in [0.4, 0.5) is 5.69 Å². The van der Waals surface area contributed by atoms with Crippen molar-refractivity contribution in [2.45, 2.75) is 12.8 Å². The van der Waals surface area contributed by atoms with Gasteiger partial charge in [-0.2, -0.15) is 5.10 Å². The quantitative estimate of drug-likeness (QED) is 0.628. The van der Waals surface area contributed by atoms with Crippen LogP contribution in [-0.4, -0.2) is 25.8 Å². The molecule has 0 fully saturated rings. The number of aromatic nitrogens is 2. The van der Waals surface area contributed by atoms with Gasteiger partial charge < -0.3 is 15.6 Å². The summed E-state index contributed by atoms with van der Waals surface area (Å²) < 4.78 is 6.85. The number of carbonyl (C=O) groups is 1. The molecular formula is C15H13ClN4O5. The van der Waals surface area contributed by atoms with Crippen LogP contribution in [0, 0.1) is 17.0 Å². The molecule has 1 aliphatic heterocycles. The molecule has 0 radical (unpaired) electrons. The summed E-state index contributed by atoms with van der Waals surface area (Å²) in [5.41, 5.74) is 6.56. The first-order valence-corrected chi connectivity index (χ1v) is 7.48. The molecule has 0 saturated carbocycles. The first-order valence-electron chi connectivity index (χ1n) is 7.10. The Morgan fingerprint density at radius 1 is 1.52 bits per heavy atom. The summed E-state index contributed by atoms with van der Waals surface area (Å²) >= 11 is 6.23. The van der Waals surface area contributed by atoms with Crippen LogP contribution in [0.2, 0.25) is 5.02 Å². The highest BCUT2D eigenvalue weighted by Gasteiger charge is 2.39. The van der Waals surface area contributed by atoms with Crippen LogP contribution in [0.1, 0.15) is 22.7 Å². The molecule has 0 saturated heterocycles. The number of hydrogen-bond donors (Lipinski definition) is 2. The average Bonchev–Trinajstić information content (AvgIpc) is 2.80. The Kier molecular flexibility index (Phi) is 3.88. The van der Waals surface area contributed by atoms with Crippen molar-refractivity contribution in [3.8, 4) is 5.88 Å². The Balaban J connectivity index is 2.34. The second-order valence-electron chi connectivity index (χ2n) is 5.51. The molecule has 1 aromatic carbocycles. The number of carboxylic acids is 1. The third kappa shape index (κ3) is 2.58. The number of nitro groups is 1. The van der Waals surface area contributed by atoms with E-state index in [0.717, 1.165) is 0 Å². The van der Waals surface area contributed by atoms with Crippen LogP contribution in [0.25, 0.3) is 0 Å². The van der Waals surface area contributed by atoms with E-state index in [1.807, 2.05) is 0 Å². The molecule has 10 heteroatoms. The highest BCUT2D eigenvalue weighted by Crippen LogP contribution is 2.46. The van der Waals surface area contributed by atoms with Crippen molar-refractivity contribution in [2.75, 3.05) is 0 Å². The maximum absolute atomic E-state index is 11.8. The Morgan fingerprint density at radius 3 is 2.80 bits per heavy atom. The molecule has 9 nitrogen and oxygen atoms in total. The minimum absolute atomic E-state index is 0.179. The molecule has 3 rings (SSSR count). The van der Waals surface area contributed by atoms with Gasteiger partial charge in [-0.05, 0) is 18.6 Å². The maximum atomic E-state index is 11.8. The number of nitrogens with two attached hydrogens (primary N) is 1. The zero-order valence-corrected chi connectivity index (χ0v) is 13.9. The van der Waals surface area contributed by atoms with Gasteiger partial charge in [-0.25, -0.2) is 9.48 Å². The molecule has 1 unspecified atom stereocenters. The molecule has 1 aliphatic rings. The normalized spacial score (nSPS) is 16.4. The Bertz CT molecular complexity index is 950. The van der Waals surface area contributed by atoms with Gasteiger partial charge in [0.25, 0.3) is 5.69 Å². The standard InChI is InChI=1S/C15H13ClN4O5/c1-6-10-11(8-5-7(20(23)24)3-4-9(8)16)12(15(21)22)13(17)25-14(10)19(2)18-6/h3-5,11H,17H2,1-2H3,(H,21,22). The lowest BCUT2D eigenvalue weighted by Gasteiger charge is -2.26. The smallest absolute Gasteiger partial charge is 0.337 e. The highest BCUT2D eigenvalue weighted by molar-refractivity contribution is 6.31. The Morgan fingerprint density at radius 2 is 2.20 bits per heavy atom. The van der Waals surface area contributed by atoms with Crippen LogP contribution >= 0.6 is 11.6 Å². The van der Waals surface area contributed by atoms with E-state index in [-0.39, 0.29) is 33.6 Å². The number of rotatable bonds is 3. The average molecular weight is 365 g/mol. The summed E-state index contributed by atoms with van der Waals surface area (Å²) in [6.07, 6.45) is 0. The molecule has 0 amide bonds. The summed E-state index contributed by atoms with van der Waals surface area (Å²) in [5.74, 6) is -2.29. The van der Waals surface area contributed by atoms with Gasteiger partial charge in [0.1, 0.15) is 5.57 Å². The lowest BCUT2D eigenvalue weighted by atomic mass is 9.83. The van der Waals surface area contributed by atoms with Gasteiger partial charge in [-0.1, -0.05) is 11.6 Å². The number of benzene rings is 1. The number of non-ortho nitro benzene ring substituents is 1. The van der Waals surface area contributed by atoms with Gasteiger partial charge in [-0.3, -0.25) is 10.1 Å². The van der Waals surface area contributed by atoms with Crippen molar-refractivity contribution in [2.24, 2.45) is 12.8 Å². The van der Waals surface area contributed by atoms with Crippen LogP contribution in [0.3, 0.4) is 0 Å². The highest BCUT2D eigenvalue weighted by atomic mass is 35.5. The number of hydrogen-bond acceptors (Lipinski definition) is 6. The van der Waals surface area contributed by atoms with Crippen LogP contribution in [0.15, 0.2) is 29.7 Å². The summed E-state index contributed by atoms with van der Waals surface area (Å²) in [4.78, 5) is 22.3. The van der Waals surface area contributed by atoms with Gasteiger partial charge in [0.15, 0.2) is 0 Å². The number of ether oxygens (including phenoxy) is 1. The predicted octanol–water partition coefficient (Wildman–Crippen LogP) is 2.07. The Labute approximate surface area is 146 Å². The van der Waals surface area contributed by atoms with Crippen molar-refractivity contribution in [3.05, 3.63) is 61.6 Å². The number of aliphatic carboxylic acids is 1. The second-order valence-corrected chi connectivity index (χ2v) is 5.92. The summed E-state index contributed by atoms with van der Waals surface area (Å²) in [7, 11) is 1.62. The van der Waals surface area contributed by atoms with Crippen molar-refractivity contribution < 1.29 is 19.6 Å². The van der Waals surface area contributed by atoms with E-state index in [4.69, 9.17) is 22.1 Å². The number of nitrogens with zero attached hydrogens (tertiary/aromatic N) is 3. The molecule has 0 aliphatic carbocycles. The predicted molar refractivity (Wildman–Crippen MR) is 87.4 cm³/mol. The summed E-state index contributed by atoms with van der Waals surface area (Å²) in [5, 5.41) is 25.1. The zero-order chi connectivity index (χ0) is 18.5. The van der Waals surface area contributed by atoms with Crippen LogP contribution in [0.5, 0.6) is 5.88 Å². The van der Waals surface area contributed by atoms with E-state index in [2.05, 4.69) is 5.10 Å². The summed E-state index contributed by atoms with van der Waals surface area (Å²) in [6.45, 7) is 1.68. The number of nitro benzene ring substituents is 1. The van der Waals surface area contributed by atoms with E-state index in [1.165, 1.54) is 22.9 Å². The van der Waals surface area contributed by atoms with E-state index in [9.17, 15) is 20.0 Å². The molecular weight excluding hydrogens is 352 g/mol. The maximum Gasteiger partial charge on any atom is 0.337 e. The zero-order valence-electron chi connectivity index (χ0n) is 13.2. The molecule has 1 atom stereocenters. The fraction of sp³-hybridized carbons (Fsp3) is 0.200. The largest absolute Gasteiger partial charge is 0.478 e.